The van der Waals surface area contributed by atoms with E-state index in [0.29, 0.717) is 29.1 Å². The van der Waals surface area contributed by atoms with Gasteiger partial charge < -0.3 is 23.7 Å². The van der Waals surface area contributed by atoms with E-state index in [0.717, 1.165) is 11.1 Å². The lowest BCUT2D eigenvalue weighted by atomic mass is 9.86. The van der Waals surface area contributed by atoms with E-state index in [9.17, 15) is 14.7 Å². The largest absolute Gasteiger partial charge is 0.459 e. The predicted molar refractivity (Wildman–Crippen MR) is 102 cm³/mol. The minimum absolute atomic E-state index is 0.218. The Morgan fingerprint density at radius 2 is 2.10 bits per heavy atom. The number of furan rings is 1. The van der Waals surface area contributed by atoms with Gasteiger partial charge in [0.1, 0.15) is 29.8 Å². The van der Waals surface area contributed by atoms with Gasteiger partial charge in [0, 0.05) is 19.3 Å². The number of hydrogen-bond donors (Lipinski definition) is 1. The van der Waals surface area contributed by atoms with Gasteiger partial charge in [-0.3, -0.25) is 4.79 Å². The van der Waals surface area contributed by atoms with Crippen LogP contribution in [0.3, 0.4) is 0 Å². The molecular formula is C22H24O7. The Labute approximate surface area is 168 Å². The lowest BCUT2D eigenvalue weighted by Crippen LogP contribution is -2.27. The molecule has 0 radical (unpaired) electrons. The van der Waals surface area contributed by atoms with Crippen LogP contribution in [0.4, 0.5) is 0 Å². The highest BCUT2D eigenvalue weighted by atomic mass is 16.6. The lowest BCUT2D eigenvalue weighted by Gasteiger charge is -2.23. The van der Waals surface area contributed by atoms with Gasteiger partial charge in [-0.25, -0.2) is 4.79 Å². The average Bonchev–Trinajstić information content (AvgIpc) is 3.24. The van der Waals surface area contributed by atoms with Crippen molar-refractivity contribution in [2.45, 2.75) is 58.2 Å². The number of esters is 2. The molecule has 0 aliphatic carbocycles. The van der Waals surface area contributed by atoms with Gasteiger partial charge in [-0.1, -0.05) is 12.2 Å². The number of fused-ring (bicyclic) bond motifs is 5. The molecule has 1 saturated heterocycles. The Kier molecular flexibility index (Phi) is 4.96. The molecule has 1 aromatic rings. The van der Waals surface area contributed by atoms with Gasteiger partial charge in [-0.15, -0.1) is 0 Å². The third kappa shape index (κ3) is 3.68. The zero-order chi connectivity index (χ0) is 20.9. The molecule has 5 atom stereocenters. The number of aliphatic hydroxyl groups excluding tert-OH is 1. The lowest BCUT2D eigenvalue weighted by molar-refractivity contribution is -0.148. The van der Waals surface area contributed by atoms with E-state index in [1.807, 2.05) is 26.0 Å². The molecule has 7 heteroatoms. The summed E-state index contributed by atoms with van der Waals surface area (Å²) < 4.78 is 22.7. The van der Waals surface area contributed by atoms with E-state index in [1.54, 1.807) is 6.08 Å². The Bertz CT molecular complexity index is 935. The van der Waals surface area contributed by atoms with Crippen LogP contribution in [0.15, 0.2) is 39.9 Å². The van der Waals surface area contributed by atoms with Gasteiger partial charge in [0.2, 0.25) is 0 Å². The van der Waals surface area contributed by atoms with Crippen molar-refractivity contribution in [1.82, 2.24) is 0 Å². The highest BCUT2D eigenvalue weighted by Crippen LogP contribution is 2.46. The van der Waals surface area contributed by atoms with Crippen LogP contribution in [0.5, 0.6) is 0 Å². The summed E-state index contributed by atoms with van der Waals surface area (Å²) in [5, 5.41) is 10.3. The van der Waals surface area contributed by atoms with Crippen molar-refractivity contribution in [1.29, 1.82) is 0 Å². The Balaban J connectivity index is 1.82. The zero-order valence-electron chi connectivity index (χ0n) is 16.6. The maximum Gasteiger partial charge on any atom is 0.338 e. The second-order valence-electron chi connectivity index (χ2n) is 7.88. The summed E-state index contributed by atoms with van der Waals surface area (Å²) in [5.41, 5.74) is 2.62. The standard InChI is InChI=1S/C22H24O7/c1-10-5-14-7-11(2)19(27-14)20-16(12(3)21(24)29-20)9-18(26-13(4)23)17-8-15(6-10)28-22(17)25/h5,7-8,15-16,18,20-21,24H,3,6,9H2,1-2,4H3/b10-5-/t15-,16-,18+,20-,21-/m0/s1. The van der Waals surface area contributed by atoms with E-state index in [2.05, 4.69) is 6.58 Å². The normalized spacial score (nSPS) is 33.4. The van der Waals surface area contributed by atoms with Crippen molar-refractivity contribution in [3.05, 3.63) is 52.5 Å². The van der Waals surface area contributed by atoms with Crippen LogP contribution in [0.1, 0.15) is 49.9 Å². The molecule has 3 aliphatic rings. The Morgan fingerprint density at radius 1 is 1.34 bits per heavy atom. The van der Waals surface area contributed by atoms with Crippen molar-refractivity contribution in [3.63, 3.8) is 0 Å². The molecular weight excluding hydrogens is 376 g/mol. The minimum atomic E-state index is -1.17. The summed E-state index contributed by atoms with van der Waals surface area (Å²) >= 11 is 0. The van der Waals surface area contributed by atoms with Gasteiger partial charge in [0.15, 0.2) is 6.29 Å². The topological polar surface area (TPSA) is 95.2 Å². The molecule has 3 aliphatic heterocycles. The maximum atomic E-state index is 12.5. The molecule has 4 rings (SSSR count). The van der Waals surface area contributed by atoms with Crippen molar-refractivity contribution in [2.24, 2.45) is 5.92 Å². The van der Waals surface area contributed by atoms with Crippen LogP contribution in [0.25, 0.3) is 6.08 Å². The van der Waals surface area contributed by atoms with E-state index in [-0.39, 0.29) is 6.42 Å². The van der Waals surface area contributed by atoms with Crippen LogP contribution < -0.4 is 0 Å². The first-order chi connectivity index (χ1) is 13.7. The fourth-order valence-corrected chi connectivity index (χ4v) is 4.23. The minimum Gasteiger partial charge on any atom is -0.459 e. The molecule has 1 fully saturated rings. The summed E-state index contributed by atoms with van der Waals surface area (Å²) in [6, 6.07) is 1.91. The van der Waals surface area contributed by atoms with Gasteiger partial charge in [-0.2, -0.15) is 0 Å². The quantitative estimate of drug-likeness (QED) is 0.572. The second-order valence-corrected chi connectivity index (χ2v) is 7.88. The van der Waals surface area contributed by atoms with E-state index in [1.165, 1.54) is 6.92 Å². The SMILES string of the molecule is C=C1[C@@H](O)O[C@@H]2c3oc(cc3C)/C=C(/C)C[C@H]3C=C(C(=O)O3)[C@H](OC(C)=O)C[C@@H]12. The van der Waals surface area contributed by atoms with Crippen LogP contribution in [0, 0.1) is 12.8 Å². The number of carbonyl (C=O) groups excluding carboxylic acids is 2. The first-order valence-electron chi connectivity index (χ1n) is 9.62. The molecule has 0 unspecified atom stereocenters. The molecule has 0 saturated carbocycles. The van der Waals surface area contributed by atoms with Crippen LogP contribution in [-0.4, -0.2) is 35.5 Å². The summed E-state index contributed by atoms with van der Waals surface area (Å²) in [6.07, 6.45) is 1.29. The molecule has 0 amide bonds. The molecule has 4 bridgehead atoms. The second kappa shape index (κ2) is 7.31. The number of carbonyl (C=O) groups is 2. The molecule has 1 aromatic heterocycles. The first-order valence-corrected chi connectivity index (χ1v) is 9.62. The molecule has 1 N–H and O–H groups in total. The van der Waals surface area contributed by atoms with Crippen molar-refractivity contribution in [2.75, 3.05) is 0 Å². The third-order valence-corrected chi connectivity index (χ3v) is 5.56. The number of aliphatic hydroxyl groups is 1. The fraction of sp³-hybridized carbons (Fsp3) is 0.455. The maximum absolute atomic E-state index is 12.5. The summed E-state index contributed by atoms with van der Waals surface area (Å²) in [7, 11) is 0. The summed E-state index contributed by atoms with van der Waals surface area (Å²) in [4.78, 5) is 24.2. The van der Waals surface area contributed by atoms with Crippen molar-refractivity contribution < 1.29 is 33.3 Å². The molecule has 4 heterocycles. The van der Waals surface area contributed by atoms with Gasteiger partial charge in [0.25, 0.3) is 0 Å². The highest BCUT2D eigenvalue weighted by Gasteiger charge is 2.45. The number of rotatable bonds is 1. The molecule has 7 nitrogen and oxygen atoms in total. The average molecular weight is 400 g/mol. The zero-order valence-corrected chi connectivity index (χ0v) is 16.6. The van der Waals surface area contributed by atoms with E-state index >= 15 is 0 Å². The van der Waals surface area contributed by atoms with Crippen LogP contribution in [0.2, 0.25) is 0 Å². The smallest absolute Gasteiger partial charge is 0.338 e. The molecule has 0 aromatic carbocycles. The van der Waals surface area contributed by atoms with Gasteiger partial charge in [-0.05, 0) is 49.6 Å². The fourth-order valence-electron chi connectivity index (χ4n) is 4.23. The Hall–Kier alpha value is -2.64. The highest BCUT2D eigenvalue weighted by molar-refractivity contribution is 5.92. The molecule has 0 spiro atoms. The van der Waals surface area contributed by atoms with E-state index < -0.39 is 42.5 Å². The summed E-state index contributed by atoms with van der Waals surface area (Å²) in [6.45, 7) is 9.10. The van der Waals surface area contributed by atoms with Crippen LogP contribution in [-0.2, 0) is 23.8 Å². The summed E-state index contributed by atoms with van der Waals surface area (Å²) in [5.74, 6) is -0.166. The van der Waals surface area contributed by atoms with Crippen molar-refractivity contribution in [3.8, 4) is 0 Å². The molecule has 29 heavy (non-hydrogen) atoms. The monoisotopic (exact) mass is 400 g/mol. The van der Waals surface area contributed by atoms with Crippen molar-refractivity contribution >= 4 is 18.0 Å². The number of hydrogen-bond acceptors (Lipinski definition) is 7. The number of ether oxygens (including phenoxy) is 3. The number of aryl methyl sites for hydroxylation is 1. The first kappa shape index (κ1) is 19.7. The third-order valence-electron chi connectivity index (χ3n) is 5.56. The molecule has 154 valence electrons. The van der Waals surface area contributed by atoms with Gasteiger partial charge >= 0.3 is 11.9 Å². The van der Waals surface area contributed by atoms with Gasteiger partial charge in [0.05, 0.1) is 5.57 Å². The Morgan fingerprint density at radius 3 is 2.83 bits per heavy atom. The predicted octanol–water partition coefficient (Wildman–Crippen LogP) is 3.13. The van der Waals surface area contributed by atoms with Crippen LogP contribution >= 0.6 is 0 Å². The van der Waals surface area contributed by atoms with E-state index in [4.69, 9.17) is 18.6 Å².